The summed E-state index contributed by atoms with van der Waals surface area (Å²) < 4.78 is 10.7. The fraction of sp³-hybridized carbons (Fsp3) is 0.929. The first-order chi connectivity index (χ1) is 9.04. The van der Waals surface area contributed by atoms with Gasteiger partial charge in [0.15, 0.2) is 0 Å². The molecule has 0 unspecified atom stereocenters. The molecule has 0 aliphatic rings. The Labute approximate surface area is 120 Å². The first kappa shape index (κ1) is 18.4. The zero-order valence-corrected chi connectivity index (χ0v) is 12.9. The van der Waals surface area contributed by atoms with Gasteiger partial charge < -0.3 is 20.1 Å². The second-order valence-electron chi connectivity index (χ2n) is 5.07. The summed E-state index contributed by atoms with van der Waals surface area (Å²) in [6.45, 7) is 12.8. The van der Waals surface area contributed by atoms with E-state index in [0.717, 1.165) is 19.5 Å². The van der Waals surface area contributed by atoms with Gasteiger partial charge in [-0.05, 0) is 13.0 Å². The number of carbonyl (C=O) groups excluding carboxylic acids is 1. The predicted octanol–water partition coefficient (Wildman–Crippen LogP) is 1.67. The summed E-state index contributed by atoms with van der Waals surface area (Å²) in [5, 5.41) is 6.06. The van der Waals surface area contributed by atoms with E-state index in [2.05, 4.69) is 17.6 Å². The smallest absolute Gasteiger partial charge is 0.225 e. The van der Waals surface area contributed by atoms with Crippen molar-refractivity contribution >= 4 is 5.91 Å². The van der Waals surface area contributed by atoms with Crippen LogP contribution in [0.1, 0.15) is 37.0 Å². The Morgan fingerprint density at radius 2 is 1.63 bits per heavy atom. The molecule has 0 rings (SSSR count). The number of amides is 1. The Balaban J connectivity index is -0.00000162. The molecule has 0 fully saturated rings. The average molecular weight is 278 g/mol. The van der Waals surface area contributed by atoms with Crippen molar-refractivity contribution in [2.75, 3.05) is 46.1 Å². The molecule has 118 valence electrons. The first-order valence-corrected chi connectivity index (χ1v) is 7.19. The number of hydrogen-bond acceptors (Lipinski definition) is 4. The fourth-order valence-electron chi connectivity index (χ4n) is 1.28. The van der Waals surface area contributed by atoms with Crippen LogP contribution in [-0.2, 0) is 14.3 Å². The molecule has 5 nitrogen and oxygen atoms in total. The molecule has 1 amide bonds. The van der Waals surface area contributed by atoms with Gasteiger partial charge in [0.1, 0.15) is 0 Å². The Morgan fingerprint density at radius 1 is 1.05 bits per heavy atom. The van der Waals surface area contributed by atoms with E-state index in [4.69, 9.17) is 9.47 Å². The molecule has 0 spiro atoms. The maximum atomic E-state index is 11.7. The highest BCUT2D eigenvalue weighted by atomic mass is 16.5. The summed E-state index contributed by atoms with van der Waals surface area (Å²) >= 11 is 0. The molecule has 0 bridgehead atoms. The zero-order valence-electron chi connectivity index (χ0n) is 12.9. The standard InChI is InChI=1S/C14H30N2O3.2H2/c1-5-14(3,4)13(17)16-8-10-19-12-11-18-9-7-15-6-2;;/h15H,5-12H2,1-4H3,(H,16,17);2*1H. The Bertz CT molecular complexity index is 242. The van der Waals surface area contributed by atoms with Crippen molar-refractivity contribution in [3.63, 3.8) is 0 Å². The number of likely N-dealkylation sites (N-methyl/N-ethyl adjacent to an activating group) is 1. The van der Waals surface area contributed by atoms with Crippen LogP contribution < -0.4 is 10.6 Å². The van der Waals surface area contributed by atoms with Gasteiger partial charge in [-0.25, -0.2) is 0 Å². The number of rotatable bonds is 12. The quantitative estimate of drug-likeness (QED) is 0.533. The van der Waals surface area contributed by atoms with Crippen LogP contribution in [0.15, 0.2) is 0 Å². The maximum absolute atomic E-state index is 11.7. The number of nitrogens with one attached hydrogen (secondary N) is 2. The van der Waals surface area contributed by atoms with Crippen LogP contribution in [0.2, 0.25) is 0 Å². The summed E-state index contributed by atoms with van der Waals surface area (Å²) in [5.74, 6) is 0.0838. The molecule has 0 atom stereocenters. The van der Waals surface area contributed by atoms with Crippen molar-refractivity contribution in [3.8, 4) is 0 Å². The van der Waals surface area contributed by atoms with Gasteiger partial charge >= 0.3 is 0 Å². The van der Waals surface area contributed by atoms with Crippen molar-refractivity contribution in [1.29, 1.82) is 0 Å². The van der Waals surface area contributed by atoms with Gasteiger partial charge in [-0.3, -0.25) is 4.79 Å². The van der Waals surface area contributed by atoms with Crippen molar-refractivity contribution < 1.29 is 17.1 Å². The van der Waals surface area contributed by atoms with Gasteiger partial charge in [-0.15, -0.1) is 0 Å². The highest BCUT2D eigenvalue weighted by Gasteiger charge is 2.24. The molecule has 0 aliphatic carbocycles. The van der Waals surface area contributed by atoms with E-state index in [1.807, 2.05) is 20.8 Å². The maximum Gasteiger partial charge on any atom is 0.225 e. The van der Waals surface area contributed by atoms with Gasteiger partial charge in [-0.1, -0.05) is 27.7 Å². The van der Waals surface area contributed by atoms with Crippen LogP contribution in [0.4, 0.5) is 0 Å². The third-order valence-corrected chi connectivity index (χ3v) is 3.08. The molecule has 0 aromatic carbocycles. The van der Waals surface area contributed by atoms with Crippen LogP contribution in [0, 0.1) is 5.41 Å². The molecule has 2 N–H and O–H groups in total. The van der Waals surface area contributed by atoms with E-state index in [1.165, 1.54) is 0 Å². The van der Waals surface area contributed by atoms with Crippen molar-refractivity contribution in [2.45, 2.75) is 34.1 Å². The predicted molar refractivity (Wildman–Crippen MR) is 81.5 cm³/mol. The second-order valence-corrected chi connectivity index (χ2v) is 5.07. The van der Waals surface area contributed by atoms with Crippen LogP contribution in [0.3, 0.4) is 0 Å². The van der Waals surface area contributed by atoms with Crippen LogP contribution in [0.5, 0.6) is 0 Å². The molecule has 5 heteroatoms. The third kappa shape index (κ3) is 9.87. The highest BCUT2D eigenvalue weighted by Crippen LogP contribution is 2.18. The van der Waals surface area contributed by atoms with E-state index in [1.54, 1.807) is 0 Å². The first-order valence-electron chi connectivity index (χ1n) is 7.19. The normalized spacial score (nSPS) is 11.6. The minimum atomic E-state index is -0.296. The summed E-state index contributed by atoms with van der Waals surface area (Å²) in [7, 11) is 0. The van der Waals surface area contributed by atoms with Crippen LogP contribution >= 0.6 is 0 Å². The lowest BCUT2D eigenvalue weighted by Gasteiger charge is -2.21. The number of carbonyl (C=O) groups is 1. The largest absolute Gasteiger partial charge is 0.378 e. The topological polar surface area (TPSA) is 59.6 Å². The van der Waals surface area contributed by atoms with E-state index >= 15 is 0 Å². The monoisotopic (exact) mass is 278 g/mol. The van der Waals surface area contributed by atoms with Gasteiger partial charge in [0.2, 0.25) is 5.91 Å². The zero-order chi connectivity index (χ0) is 14.6. The molecule has 19 heavy (non-hydrogen) atoms. The SMILES string of the molecule is CCNCCOCCOCCNC(=O)C(C)(C)CC.[HH].[HH]. The van der Waals surface area contributed by atoms with Gasteiger partial charge in [0.05, 0.1) is 26.4 Å². The van der Waals surface area contributed by atoms with Gasteiger partial charge in [0.25, 0.3) is 0 Å². The van der Waals surface area contributed by atoms with Gasteiger partial charge in [0, 0.05) is 21.4 Å². The Hall–Kier alpha value is -0.650. The molecule has 0 radical (unpaired) electrons. The minimum absolute atomic E-state index is 0. The lowest BCUT2D eigenvalue weighted by Crippen LogP contribution is -2.38. The molecular formula is C14H34N2O3. The van der Waals surface area contributed by atoms with Gasteiger partial charge in [-0.2, -0.15) is 0 Å². The summed E-state index contributed by atoms with van der Waals surface area (Å²) in [5.41, 5.74) is -0.296. The lowest BCUT2D eigenvalue weighted by atomic mass is 9.89. The molecule has 0 aromatic rings. The fourth-order valence-corrected chi connectivity index (χ4v) is 1.28. The van der Waals surface area contributed by atoms with E-state index in [-0.39, 0.29) is 14.2 Å². The number of ether oxygens (including phenoxy) is 2. The molecule has 0 heterocycles. The summed E-state index contributed by atoms with van der Waals surface area (Å²) in [6, 6.07) is 0. The Kier molecular flexibility index (Phi) is 10.8. The molecular weight excluding hydrogens is 244 g/mol. The third-order valence-electron chi connectivity index (χ3n) is 3.08. The van der Waals surface area contributed by atoms with E-state index in [0.29, 0.717) is 33.0 Å². The Morgan fingerprint density at radius 3 is 2.16 bits per heavy atom. The molecule has 0 aliphatic heterocycles. The average Bonchev–Trinajstić information content (AvgIpc) is 2.40. The van der Waals surface area contributed by atoms with Crippen LogP contribution in [-0.4, -0.2) is 52.0 Å². The number of hydrogen-bond donors (Lipinski definition) is 2. The summed E-state index contributed by atoms with van der Waals surface area (Å²) in [4.78, 5) is 11.7. The van der Waals surface area contributed by atoms with Crippen LogP contribution in [0.25, 0.3) is 0 Å². The van der Waals surface area contributed by atoms with E-state index < -0.39 is 0 Å². The minimum Gasteiger partial charge on any atom is -0.378 e. The van der Waals surface area contributed by atoms with E-state index in [9.17, 15) is 4.79 Å². The molecule has 0 aromatic heterocycles. The van der Waals surface area contributed by atoms with Crippen molar-refractivity contribution in [3.05, 3.63) is 0 Å². The highest BCUT2D eigenvalue weighted by molar-refractivity contribution is 5.81. The molecule has 0 saturated heterocycles. The second kappa shape index (κ2) is 11.2. The van der Waals surface area contributed by atoms with Crippen molar-refractivity contribution in [1.82, 2.24) is 10.6 Å². The van der Waals surface area contributed by atoms with Crippen molar-refractivity contribution in [2.24, 2.45) is 5.41 Å². The lowest BCUT2D eigenvalue weighted by molar-refractivity contribution is -0.129. The summed E-state index contributed by atoms with van der Waals surface area (Å²) in [6.07, 6.45) is 0.833. The molecule has 0 saturated carbocycles.